The van der Waals surface area contributed by atoms with Gasteiger partial charge in [-0.15, -0.1) is 0 Å². The number of benzene rings is 1. The number of pyridine rings is 1. The Morgan fingerprint density at radius 1 is 1.12 bits per heavy atom. The van der Waals surface area contributed by atoms with Crippen molar-refractivity contribution in [3.05, 3.63) is 53.2 Å². The fourth-order valence-corrected chi connectivity index (χ4v) is 2.18. The number of anilines is 1. The van der Waals surface area contributed by atoms with E-state index in [0.717, 1.165) is 11.1 Å². The number of amides is 1. The van der Waals surface area contributed by atoms with Gasteiger partial charge in [-0.05, 0) is 56.2 Å². The Balaban J connectivity index is 1.94. The molecule has 2 rings (SSSR count). The Bertz CT molecular complexity index is 723. The van der Waals surface area contributed by atoms with E-state index in [9.17, 15) is 9.59 Å². The molecule has 6 nitrogen and oxygen atoms in total. The second kappa shape index (κ2) is 8.10. The summed E-state index contributed by atoms with van der Waals surface area (Å²) in [6, 6.07) is 8.74. The van der Waals surface area contributed by atoms with E-state index >= 15 is 0 Å². The molecule has 0 spiro atoms. The largest absolute Gasteiger partial charge is 0.484 e. The van der Waals surface area contributed by atoms with Gasteiger partial charge in [-0.25, -0.2) is 9.78 Å². The standard InChI is InChI=1S/C18H20N2O4/c1-4-23-18(22)14-5-6-19-16(10-14)20-17(21)11-24-15-8-12(2)7-13(3)9-15/h5-10H,4,11H2,1-3H3,(H,19,20,21). The maximum atomic E-state index is 12.0. The van der Waals surface area contributed by atoms with Crippen molar-refractivity contribution in [3.8, 4) is 5.75 Å². The summed E-state index contributed by atoms with van der Waals surface area (Å²) < 4.78 is 10.4. The molecule has 1 amide bonds. The zero-order chi connectivity index (χ0) is 17.5. The minimum atomic E-state index is -0.457. The van der Waals surface area contributed by atoms with Gasteiger partial charge in [0.2, 0.25) is 0 Å². The van der Waals surface area contributed by atoms with Crippen LogP contribution in [0.25, 0.3) is 0 Å². The Morgan fingerprint density at radius 3 is 2.50 bits per heavy atom. The average molecular weight is 328 g/mol. The predicted octanol–water partition coefficient (Wildman–Crippen LogP) is 2.89. The number of nitrogens with zero attached hydrogens (tertiary/aromatic N) is 1. The molecule has 0 atom stereocenters. The van der Waals surface area contributed by atoms with Crippen LogP contribution in [0.1, 0.15) is 28.4 Å². The molecule has 0 fully saturated rings. The third-order valence-electron chi connectivity index (χ3n) is 3.10. The zero-order valence-corrected chi connectivity index (χ0v) is 14.0. The van der Waals surface area contributed by atoms with Gasteiger partial charge in [0, 0.05) is 6.20 Å². The molecule has 1 N–H and O–H groups in total. The van der Waals surface area contributed by atoms with Crippen LogP contribution in [-0.4, -0.2) is 30.1 Å². The van der Waals surface area contributed by atoms with E-state index in [-0.39, 0.29) is 24.9 Å². The SMILES string of the molecule is CCOC(=O)c1ccnc(NC(=O)COc2cc(C)cc(C)c2)c1. The minimum Gasteiger partial charge on any atom is -0.484 e. The van der Waals surface area contributed by atoms with Gasteiger partial charge in [0.25, 0.3) is 5.91 Å². The molecular weight excluding hydrogens is 308 g/mol. The highest BCUT2D eigenvalue weighted by atomic mass is 16.5. The molecule has 126 valence electrons. The third-order valence-corrected chi connectivity index (χ3v) is 3.10. The summed E-state index contributed by atoms with van der Waals surface area (Å²) in [5.74, 6) is 0.0926. The van der Waals surface area contributed by atoms with Crippen LogP contribution in [0, 0.1) is 13.8 Å². The number of esters is 1. The first-order valence-electron chi connectivity index (χ1n) is 7.62. The molecular formula is C18H20N2O4. The number of hydrogen-bond acceptors (Lipinski definition) is 5. The van der Waals surface area contributed by atoms with Gasteiger partial charge in [-0.1, -0.05) is 6.07 Å². The van der Waals surface area contributed by atoms with Gasteiger partial charge in [-0.3, -0.25) is 4.79 Å². The number of hydrogen-bond donors (Lipinski definition) is 1. The van der Waals surface area contributed by atoms with Crippen molar-refractivity contribution in [2.75, 3.05) is 18.5 Å². The molecule has 0 radical (unpaired) electrons. The van der Waals surface area contributed by atoms with Crippen LogP contribution in [0.2, 0.25) is 0 Å². The van der Waals surface area contributed by atoms with E-state index in [4.69, 9.17) is 9.47 Å². The molecule has 0 aliphatic rings. The molecule has 24 heavy (non-hydrogen) atoms. The molecule has 0 unspecified atom stereocenters. The predicted molar refractivity (Wildman–Crippen MR) is 90.2 cm³/mol. The van der Waals surface area contributed by atoms with Crippen LogP contribution in [0.5, 0.6) is 5.75 Å². The van der Waals surface area contributed by atoms with Gasteiger partial charge >= 0.3 is 5.97 Å². The number of carbonyl (C=O) groups excluding carboxylic acids is 2. The van der Waals surface area contributed by atoms with Crippen molar-refractivity contribution in [3.63, 3.8) is 0 Å². The topological polar surface area (TPSA) is 77.5 Å². The molecule has 0 saturated heterocycles. The van der Waals surface area contributed by atoms with Crippen LogP contribution in [0.3, 0.4) is 0 Å². The molecule has 0 bridgehead atoms. The second-order valence-electron chi connectivity index (χ2n) is 5.31. The number of nitrogens with one attached hydrogen (secondary N) is 1. The lowest BCUT2D eigenvalue weighted by Gasteiger charge is -2.09. The van der Waals surface area contributed by atoms with E-state index in [0.29, 0.717) is 11.3 Å². The number of aryl methyl sites for hydroxylation is 2. The zero-order valence-electron chi connectivity index (χ0n) is 14.0. The summed E-state index contributed by atoms with van der Waals surface area (Å²) in [4.78, 5) is 27.6. The molecule has 0 aliphatic heterocycles. The monoisotopic (exact) mass is 328 g/mol. The van der Waals surface area contributed by atoms with Crippen LogP contribution in [-0.2, 0) is 9.53 Å². The first-order chi connectivity index (χ1) is 11.5. The molecule has 1 aromatic carbocycles. The van der Waals surface area contributed by atoms with Crippen LogP contribution in [0.4, 0.5) is 5.82 Å². The summed E-state index contributed by atoms with van der Waals surface area (Å²) in [6.07, 6.45) is 1.44. The van der Waals surface area contributed by atoms with Crippen molar-refractivity contribution in [1.29, 1.82) is 0 Å². The lowest BCUT2D eigenvalue weighted by atomic mass is 10.1. The second-order valence-corrected chi connectivity index (χ2v) is 5.31. The van der Waals surface area contributed by atoms with E-state index in [1.165, 1.54) is 18.3 Å². The van der Waals surface area contributed by atoms with Gasteiger partial charge in [0.15, 0.2) is 6.61 Å². The highest BCUT2D eigenvalue weighted by Crippen LogP contribution is 2.16. The fourth-order valence-electron chi connectivity index (χ4n) is 2.18. The number of carbonyl (C=O) groups is 2. The lowest BCUT2D eigenvalue weighted by molar-refractivity contribution is -0.118. The third kappa shape index (κ3) is 5.08. The van der Waals surface area contributed by atoms with Crippen molar-refractivity contribution in [1.82, 2.24) is 4.98 Å². The summed E-state index contributed by atoms with van der Waals surface area (Å²) >= 11 is 0. The van der Waals surface area contributed by atoms with Crippen molar-refractivity contribution < 1.29 is 19.1 Å². The molecule has 2 aromatic rings. The lowest BCUT2D eigenvalue weighted by Crippen LogP contribution is -2.21. The van der Waals surface area contributed by atoms with Gasteiger partial charge in [0.05, 0.1) is 12.2 Å². The quantitative estimate of drug-likeness (QED) is 0.825. The van der Waals surface area contributed by atoms with Crippen LogP contribution >= 0.6 is 0 Å². The highest BCUT2D eigenvalue weighted by molar-refractivity contribution is 5.94. The first-order valence-corrected chi connectivity index (χ1v) is 7.62. The van der Waals surface area contributed by atoms with E-state index in [1.54, 1.807) is 6.92 Å². The minimum absolute atomic E-state index is 0.145. The number of rotatable bonds is 6. The summed E-state index contributed by atoms with van der Waals surface area (Å²) in [6.45, 7) is 5.79. The first kappa shape index (κ1) is 17.5. The van der Waals surface area contributed by atoms with Crippen molar-refractivity contribution in [2.45, 2.75) is 20.8 Å². The molecule has 6 heteroatoms. The molecule has 0 saturated carbocycles. The Hall–Kier alpha value is -2.89. The van der Waals surface area contributed by atoms with Crippen molar-refractivity contribution in [2.24, 2.45) is 0 Å². The van der Waals surface area contributed by atoms with E-state index in [1.807, 2.05) is 32.0 Å². The van der Waals surface area contributed by atoms with Crippen LogP contribution in [0.15, 0.2) is 36.5 Å². The summed E-state index contributed by atoms with van der Waals surface area (Å²) in [5.41, 5.74) is 2.46. The molecule has 1 aromatic heterocycles. The summed E-state index contributed by atoms with van der Waals surface area (Å²) in [7, 11) is 0. The maximum Gasteiger partial charge on any atom is 0.338 e. The molecule has 0 aliphatic carbocycles. The maximum absolute atomic E-state index is 12.0. The number of ether oxygens (including phenoxy) is 2. The van der Waals surface area contributed by atoms with Gasteiger partial charge < -0.3 is 14.8 Å². The molecule has 1 heterocycles. The van der Waals surface area contributed by atoms with E-state index in [2.05, 4.69) is 10.3 Å². The Morgan fingerprint density at radius 2 is 1.83 bits per heavy atom. The van der Waals surface area contributed by atoms with Crippen LogP contribution < -0.4 is 10.1 Å². The van der Waals surface area contributed by atoms with Crippen molar-refractivity contribution >= 4 is 17.7 Å². The highest BCUT2D eigenvalue weighted by Gasteiger charge is 2.10. The average Bonchev–Trinajstić information content (AvgIpc) is 2.52. The van der Waals surface area contributed by atoms with E-state index < -0.39 is 5.97 Å². The normalized spacial score (nSPS) is 10.1. The summed E-state index contributed by atoms with van der Waals surface area (Å²) in [5, 5.41) is 2.60. The van der Waals surface area contributed by atoms with Gasteiger partial charge in [0.1, 0.15) is 11.6 Å². The van der Waals surface area contributed by atoms with Gasteiger partial charge in [-0.2, -0.15) is 0 Å². The Labute approximate surface area is 140 Å². The Kier molecular flexibility index (Phi) is 5.89. The fraction of sp³-hybridized carbons (Fsp3) is 0.278. The smallest absolute Gasteiger partial charge is 0.338 e. The number of aromatic nitrogens is 1.